The maximum atomic E-state index is 13.0. The molecule has 1 aromatic carbocycles. The first-order chi connectivity index (χ1) is 12.9. The van der Waals surface area contributed by atoms with Gasteiger partial charge in [0.1, 0.15) is 11.5 Å². The van der Waals surface area contributed by atoms with E-state index >= 15 is 0 Å². The van der Waals surface area contributed by atoms with Gasteiger partial charge in [0.05, 0.1) is 5.02 Å². The molecule has 0 N–H and O–H groups in total. The molecular formula is C21H27ClFN3O. The molecule has 1 atom stereocenters. The van der Waals surface area contributed by atoms with Gasteiger partial charge < -0.3 is 14.4 Å². The van der Waals surface area contributed by atoms with E-state index < -0.39 is 0 Å². The predicted molar refractivity (Wildman–Crippen MR) is 107 cm³/mol. The molecule has 1 saturated heterocycles. The van der Waals surface area contributed by atoms with Crippen molar-refractivity contribution in [1.29, 1.82) is 0 Å². The molecule has 1 fully saturated rings. The summed E-state index contributed by atoms with van der Waals surface area (Å²) in [6.45, 7) is 3.79. The van der Waals surface area contributed by atoms with Crippen molar-refractivity contribution in [1.82, 2.24) is 14.4 Å². The van der Waals surface area contributed by atoms with Crippen molar-refractivity contribution in [2.75, 3.05) is 33.2 Å². The van der Waals surface area contributed by atoms with Gasteiger partial charge in [-0.25, -0.2) is 4.39 Å². The van der Waals surface area contributed by atoms with E-state index in [9.17, 15) is 9.18 Å². The van der Waals surface area contributed by atoms with Gasteiger partial charge >= 0.3 is 0 Å². The molecule has 0 bridgehead atoms. The van der Waals surface area contributed by atoms with Crippen LogP contribution in [0.3, 0.4) is 0 Å². The molecule has 0 radical (unpaired) electrons. The van der Waals surface area contributed by atoms with Crippen LogP contribution >= 0.6 is 11.6 Å². The Bertz CT molecular complexity index is 774. The lowest BCUT2D eigenvalue weighted by molar-refractivity contribution is 0.0721. The number of nitrogens with zero attached hydrogens (tertiary/aromatic N) is 3. The van der Waals surface area contributed by atoms with Crippen molar-refractivity contribution >= 4 is 17.5 Å². The first-order valence-electron chi connectivity index (χ1n) is 9.46. The number of amides is 1. The van der Waals surface area contributed by atoms with Crippen molar-refractivity contribution in [3.05, 3.63) is 58.6 Å². The Morgan fingerprint density at radius 2 is 2.07 bits per heavy atom. The molecule has 0 spiro atoms. The molecule has 27 heavy (non-hydrogen) atoms. The van der Waals surface area contributed by atoms with Gasteiger partial charge in [-0.15, -0.1) is 0 Å². The van der Waals surface area contributed by atoms with Gasteiger partial charge in [0, 0.05) is 39.9 Å². The lowest BCUT2D eigenvalue weighted by Gasteiger charge is -2.34. The fourth-order valence-corrected chi connectivity index (χ4v) is 4.09. The molecule has 0 aliphatic carbocycles. The Labute approximate surface area is 165 Å². The van der Waals surface area contributed by atoms with Crippen LogP contribution in [0.1, 0.15) is 28.9 Å². The molecule has 6 heteroatoms. The van der Waals surface area contributed by atoms with Crippen LogP contribution in [0.4, 0.5) is 4.39 Å². The second-order valence-electron chi connectivity index (χ2n) is 7.53. The highest BCUT2D eigenvalue weighted by atomic mass is 35.5. The number of carbonyl (C=O) groups excluding carboxylic acids is 1. The number of piperidine rings is 1. The smallest absolute Gasteiger partial charge is 0.270 e. The number of benzene rings is 1. The fourth-order valence-electron chi connectivity index (χ4n) is 3.84. The Hall–Kier alpha value is -1.85. The van der Waals surface area contributed by atoms with Crippen LogP contribution in [-0.2, 0) is 13.5 Å². The molecule has 1 amide bonds. The summed E-state index contributed by atoms with van der Waals surface area (Å²) in [6, 6.07) is 8.47. The van der Waals surface area contributed by atoms with Gasteiger partial charge in [0.25, 0.3) is 5.91 Å². The van der Waals surface area contributed by atoms with Crippen molar-refractivity contribution in [3.63, 3.8) is 0 Å². The maximum Gasteiger partial charge on any atom is 0.270 e. The van der Waals surface area contributed by atoms with Gasteiger partial charge in [-0.2, -0.15) is 0 Å². The molecule has 1 aliphatic heterocycles. The molecule has 2 aromatic rings. The normalized spacial score (nSPS) is 17.9. The largest absolute Gasteiger partial charge is 0.345 e. The van der Waals surface area contributed by atoms with Crippen LogP contribution in [0.25, 0.3) is 0 Å². The summed E-state index contributed by atoms with van der Waals surface area (Å²) >= 11 is 6.00. The summed E-state index contributed by atoms with van der Waals surface area (Å²) in [5.41, 5.74) is 1.78. The van der Waals surface area contributed by atoms with Crippen LogP contribution in [0, 0.1) is 11.7 Å². The number of likely N-dealkylation sites (tertiary alicyclic amines) is 1. The minimum Gasteiger partial charge on any atom is -0.345 e. The molecule has 4 nitrogen and oxygen atoms in total. The van der Waals surface area contributed by atoms with Gasteiger partial charge in [0.15, 0.2) is 0 Å². The fraction of sp³-hybridized carbons (Fsp3) is 0.476. The number of halogens is 2. The van der Waals surface area contributed by atoms with Crippen LogP contribution in [-0.4, -0.2) is 53.5 Å². The average molecular weight is 392 g/mol. The highest BCUT2D eigenvalue weighted by Gasteiger charge is 2.24. The highest BCUT2D eigenvalue weighted by molar-refractivity contribution is 6.31. The first-order valence-corrected chi connectivity index (χ1v) is 9.84. The number of aryl methyl sites for hydroxylation is 1. The zero-order valence-electron chi connectivity index (χ0n) is 16.0. The lowest BCUT2D eigenvalue weighted by Crippen LogP contribution is -2.42. The van der Waals surface area contributed by atoms with Crippen molar-refractivity contribution < 1.29 is 9.18 Å². The van der Waals surface area contributed by atoms with E-state index in [0.717, 1.165) is 51.0 Å². The van der Waals surface area contributed by atoms with E-state index in [2.05, 4.69) is 4.90 Å². The summed E-state index contributed by atoms with van der Waals surface area (Å²) in [5, 5.41) is 0.582. The third-order valence-electron chi connectivity index (χ3n) is 5.30. The second kappa shape index (κ2) is 8.89. The number of rotatable bonds is 6. The molecule has 1 aliphatic rings. The van der Waals surface area contributed by atoms with Gasteiger partial charge in [-0.05, 0) is 55.5 Å². The number of aromatic nitrogens is 1. The molecular weight excluding hydrogens is 365 g/mol. The summed E-state index contributed by atoms with van der Waals surface area (Å²) in [4.78, 5) is 16.9. The summed E-state index contributed by atoms with van der Waals surface area (Å²) < 4.78 is 14.8. The van der Waals surface area contributed by atoms with Crippen molar-refractivity contribution in [2.45, 2.75) is 19.3 Å². The molecule has 2 heterocycles. The van der Waals surface area contributed by atoms with Gasteiger partial charge in [-0.1, -0.05) is 23.7 Å². The Morgan fingerprint density at radius 3 is 2.74 bits per heavy atom. The third kappa shape index (κ3) is 5.33. The van der Waals surface area contributed by atoms with E-state index in [1.54, 1.807) is 21.7 Å². The molecule has 0 saturated carbocycles. The molecule has 0 unspecified atom stereocenters. The zero-order chi connectivity index (χ0) is 19.4. The van der Waals surface area contributed by atoms with Crippen LogP contribution in [0.5, 0.6) is 0 Å². The van der Waals surface area contributed by atoms with Crippen molar-refractivity contribution in [3.8, 4) is 0 Å². The first kappa shape index (κ1) is 19.9. The SMILES string of the molecule is CN(C[C@@H]1CCCN(CCc2ccc(F)cc2)C1)C(=O)c1cc(Cl)cn1C. The highest BCUT2D eigenvalue weighted by Crippen LogP contribution is 2.20. The van der Waals surface area contributed by atoms with Crippen LogP contribution in [0.2, 0.25) is 5.02 Å². The molecule has 3 rings (SSSR count). The van der Waals surface area contributed by atoms with E-state index in [1.165, 1.54) is 12.1 Å². The standard InChI is InChI=1S/C21H27ClFN3O/c1-24-15-18(22)12-20(24)21(27)25(2)13-17-4-3-10-26(14-17)11-9-16-5-7-19(23)8-6-16/h5-8,12,15,17H,3-4,9-11,13-14H2,1-2H3/t17-/m0/s1. The van der Waals surface area contributed by atoms with E-state index in [-0.39, 0.29) is 11.7 Å². The minimum absolute atomic E-state index is 0.00726. The zero-order valence-corrected chi connectivity index (χ0v) is 16.8. The number of hydrogen-bond acceptors (Lipinski definition) is 2. The molecule has 146 valence electrons. The Morgan fingerprint density at radius 1 is 1.33 bits per heavy atom. The third-order valence-corrected chi connectivity index (χ3v) is 5.51. The summed E-state index contributed by atoms with van der Waals surface area (Å²) in [6.07, 6.45) is 4.95. The number of hydrogen-bond donors (Lipinski definition) is 0. The maximum absolute atomic E-state index is 13.0. The minimum atomic E-state index is -0.191. The molecule has 1 aromatic heterocycles. The summed E-state index contributed by atoms with van der Waals surface area (Å²) in [5.74, 6) is 0.286. The van der Waals surface area contributed by atoms with Crippen LogP contribution in [0.15, 0.2) is 36.5 Å². The predicted octanol–water partition coefficient (Wildman–Crippen LogP) is 3.84. The topological polar surface area (TPSA) is 28.5 Å². The lowest BCUT2D eigenvalue weighted by atomic mass is 9.97. The van der Waals surface area contributed by atoms with E-state index in [4.69, 9.17) is 11.6 Å². The van der Waals surface area contributed by atoms with Crippen molar-refractivity contribution in [2.24, 2.45) is 13.0 Å². The van der Waals surface area contributed by atoms with E-state index in [0.29, 0.717) is 16.6 Å². The average Bonchev–Trinajstić information content (AvgIpc) is 2.99. The van der Waals surface area contributed by atoms with Gasteiger partial charge in [-0.3, -0.25) is 4.79 Å². The summed E-state index contributed by atoms with van der Waals surface area (Å²) in [7, 11) is 3.70. The Balaban J connectivity index is 1.50. The van der Waals surface area contributed by atoms with E-state index in [1.807, 2.05) is 26.2 Å². The van der Waals surface area contributed by atoms with Gasteiger partial charge in [0.2, 0.25) is 0 Å². The quantitative estimate of drug-likeness (QED) is 0.748. The monoisotopic (exact) mass is 391 g/mol. The Kier molecular flexibility index (Phi) is 6.55. The van der Waals surface area contributed by atoms with Crippen LogP contribution < -0.4 is 0 Å². The number of carbonyl (C=O) groups is 1. The second-order valence-corrected chi connectivity index (χ2v) is 7.96.